The van der Waals surface area contributed by atoms with E-state index in [1.807, 2.05) is 24.3 Å². The molecule has 1 atom stereocenters. The lowest BCUT2D eigenvalue weighted by molar-refractivity contribution is -0.127. The highest BCUT2D eigenvalue weighted by atomic mass is 16.2. The summed E-state index contributed by atoms with van der Waals surface area (Å²) in [5.74, 6) is 4.73. The van der Waals surface area contributed by atoms with Crippen LogP contribution >= 0.6 is 0 Å². The number of nitrogens with two attached hydrogens (primary N) is 1. The first-order chi connectivity index (χ1) is 9.55. The topological polar surface area (TPSA) is 84.2 Å². The molecular formula is C15H17N3O2. The zero-order valence-electron chi connectivity index (χ0n) is 11.2. The second-order valence-electron chi connectivity index (χ2n) is 4.91. The SMILES string of the molecule is CC1(C(=O)NN)C=CC(NC(=O)c2ccccc2)=CC1. The first-order valence-electron chi connectivity index (χ1n) is 6.32. The van der Waals surface area contributed by atoms with Crippen molar-refractivity contribution in [2.24, 2.45) is 11.3 Å². The van der Waals surface area contributed by atoms with Crippen LogP contribution in [0.2, 0.25) is 0 Å². The Balaban J connectivity index is 2.02. The molecule has 1 unspecified atom stereocenters. The molecule has 0 spiro atoms. The molecule has 20 heavy (non-hydrogen) atoms. The third-order valence-corrected chi connectivity index (χ3v) is 3.32. The fourth-order valence-electron chi connectivity index (χ4n) is 1.95. The van der Waals surface area contributed by atoms with Crippen molar-refractivity contribution in [2.45, 2.75) is 13.3 Å². The van der Waals surface area contributed by atoms with E-state index in [4.69, 9.17) is 5.84 Å². The van der Waals surface area contributed by atoms with Gasteiger partial charge in [0.2, 0.25) is 5.91 Å². The summed E-state index contributed by atoms with van der Waals surface area (Å²) in [6.45, 7) is 1.79. The molecule has 0 radical (unpaired) electrons. The normalized spacial score (nSPS) is 21.0. The predicted molar refractivity (Wildman–Crippen MR) is 76.2 cm³/mol. The quantitative estimate of drug-likeness (QED) is 0.439. The van der Waals surface area contributed by atoms with Crippen LogP contribution in [0.15, 0.2) is 54.3 Å². The smallest absolute Gasteiger partial charge is 0.255 e. The molecule has 104 valence electrons. The minimum atomic E-state index is -0.671. The number of hydrogen-bond acceptors (Lipinski definition) is 3. The molecule has 2 rings (SSSR count). The molecule has 2 amide bonds. The number of nitrogens with one attached hydrogen (secondary N) is 2. The third kappa shape index (κ3) is 2.95. The summed E-state index contributed by atoms with van der Waals surface area (Å²) in [4.78, 5) is 23.6. The van der Waals surface area contributed by atoms with Crippen molar-refractivity contribution < 1.29 is 9.59 Å². The van der Waals surface area contributed by atoms with E-state index in [9.17, 15) is 9.59 Å². The molecule has 1 aliphatic carbocycles. The molecule has 0 heterocycles. The fraction of sp³-hybridized carbons (Fsp3) is 0.200. The molecule has 0 fully saturated rings. The number of allylic oxidation sites excluding steroid dienone is 2. The van der Waals surface area contributed by atoms with E-state index in [0.29, 0.717) is 17.7 Å². The van der Waals surface area contributed by atoms with Crippen molar-refractivity contribution >= 4 is 11.8 Å². The maximum atomic E-state index is 12.0. The van der Waals surface area contributed by atoms with Crippen LogP contribution in [0.25, 0.3) is 0 Å². The molecule has 0 bridgehead atoms. The summed E-state index contributed by atoms with van der Waals surface area (Å²) in [7, 11) is 0. The highest BCUT2D eigenvalue weighted by Crippen LogP contribution is 2.28. The molecule has 4 N–H and O–H groups in total. The molecule has 0 aromatic heterocycles. The third-order valence-electron chi connectivity index (χ3n) is 3.32. The van der Waals surface area contributed by atoms with Crippen molar-refractivity contribution in [3.8, 4) is 0 Å². The van der Waals surface area contributed by atoms with Gasteiger partial charge in [-0.15, -0.1) is 0 Å². The van der Waals surface area contributed by atoms with Crippen LogP contribution in [-0.4, -0.2) is 11.8 Å². The molecule has 1 aromatic carbocycles. The highest BCUT2D eigenvalue weighted by Gasteiger charge is 2.30. The molecule has 0 saturated heterocycles. The fourth-order valence-corrected chi connectivity index (χ4v) is 1.95. The standard InChI is InChI=1S/C15H17N3O2/c1-15(14(20)18-16)9-7-12(8-10-15)17-13(19)11-5-3-2-4-6-11/h2-9H,10,16H2,1H3,(H,17,19)(H,18,20). The van der Waals surface area contributed by atoms with Crippen molar-refractivity contribution in [3.05, 3.63) is 59.8 Å². The summed E-state index contributed by atoms with van der Waals surface area (Å²) < 4.78 is 0. The van der Waals surface area contributed by atoms with Gasteiger partial charge in [0.25, 0.3) is 5.91 Å². The van der Waals surface area contributed by atoms with Gasteiger partial charge in [-0.05, 0) is 31.6 Å². The Bertz CT molecular complexity index is 578. The van der Waals surface area contributed by atoms with Crippen LogP contribution in [0.3, 0.4) is 0 Å². The van der Waals surface area contributed by atoms with E-state index in [-0.39, 0.29) is 11.8 Å². The van der Waals surface area contributed by atoms with Gasteiger partial charge in [-0.25, -0.2) is 5.84 Å². The van der Waals surface area contributed by atoms with Gasteiger partial charge in [0.05, 0.1) is 5.41 Å². The van der Waals surface area contributed by atoms with Crippen LogP contribution in [0.1, 0.15) is 23.7 Å². The molecule has 0 saturated carbocycles. The number of hydrazine groups is 1. The Morgan fingerprint density at radius 3 is 2.50 bits per heavy atom. The predicted octanol–water partition coefficient (Wildman–Crippen LogP) is 1.26. The molecule has 5 nitrogen and oxygen atoms in total. The van der Waals surface area contributed by atoms with Gasteiger partial charge in [-0.2, -0.15) is 0 Å². The number of rotatable bonds is 3. The Hall–Kier alpha value is -2.40. The Morgan fingerprint density at radius 2 is 1.95 bits per heavy atom. The van der Waals surface area contributed by atoms with Crippen molar-refractivity contribution in [3.63, 3.8) is 0 Å². The second-order valence-corrected chi connectivity index (χ2v) is 4.91. The van der Waals surface area contributed by atoms with Gasteiger partial charge >= 0.3 is 0 Å². The van der Waals surface area contributed by atoms with E-state index in [1.54, 1.807) is 31.2 Å². The van der Waals surface area contributed by atoms with Gasteiger partial charge < -0.3 is 5.32 Å². The van der Waals surface area contributed by atoms with Gasteiger partial charge in [0.15, 0.2) is 0 Å². The highest BCUT2D eigenvalue weighted by molar-refractivity contribution is 5.95. The first kappa shape index (κ1) is 14.0. The first-order valence-corrected chi connectivity index (χ1v) is 6.32. The molecule has 0 aliphatic heterocycles. The minimum absolute atomic E-state index is 0.173. The Labute approximate surface area is 117 Å². The van der Waals surface area contributed by atoms with Crippen LogP contribution in [-0.2, 0) is 4.79 Å². The zero-order chi connectivity index (χ0) is 14.6. The average Bonchev–Trinajstić information content (AvgIpc) is 2.49. The number of hydrogen-bond donors (Lipinski definition) is 3. The van der Waals surface area contributed by atoms with E-state index < -0.39 is 5.41 Å². The lowest BCUT2D eigenvalue weighted by atomic mass is 9.82. The van der Waals surface area contributed by atoms with E-state index in [1.165, 1.54) is 0 Å². The van der Waals surface area contributed by atoms with Gasteiger partial charge in [0, 0.05) is 11.3 Å². The molecule has 5 heteroatoms. The molecular weight excluding hydrogens is 254 g/mol. The molecule has 1 aromatic rings. The van der Waals surface area contributed by atoms with Crippen LogP contribution in [0, 0.1) is 5.41 Å². The van der Waals surface area contributed by atoms with Crippen LogP contribution in [0.4, 0.5) is 0 Å². The average molecular weight is 271 g/mol. The van der Waals surface area contributed by atoms with Crippen LogP contribution < -0.4 is 16.6 Å². The second kappa shape index (κ2) is 5.71. The lowest BCUT2D eigenvalue weighted by Crippen LogP contribution is -2.42. The van der Waals surface area contributed by atoms with Gasteiger partial charge in [-0.1, -0.05) is 30.4 Å². The lowest BCUT2D eigenvalue weighted by Gasteiger charge is -2.25. The largest absolute Gasteiger partial charge is 0.322 e. The zero-order valence-corrected chi connectivity index (χ0v) is 11.2. The van der Waals surface area contributed by atoms with Crippen molar-refractivity contribution in [1.82, 2.24) is 10.7 Å². The van der Waals surface area contributed by atoms with Crippen molar-refractivity contribution in [2.75, 3.05) is 0 Å². The minimum Gasteiger partial charge on any atom is -0.322 e. The maximum Gasteiger partial charge on any atom is 0.255 e. The van der Waals surface area contributed by atoms with Crippen molar-refractivity contribution in [1.29, 1.82) is 0 Å². The van der Waals surface area contributed by atoms with E-state index in [0.717, 1.165) is 0 Å². The van der Waals surface area contributed by atoms with E-state index in [2.05, 4.69) is 10.7 Å². The number of carbonyl (C=O) groups is 2. The monoisotopic (exact) mass is 271 g/mol. The summed E-state index contributed by atoms with van der Waals surface area (Å²) in [5, 5.41) is 2.80. The summed E-state index contributed by atoms with van der Waals surface area (Å²) >= 11 is 0. The maximum absolute atomic E-state index is 12.0. The van der Waals surface area contributed by atoms with Gasteiger partial charge in [0.1, 0.15) is 0 Å². The van der Waals surface area contributed by atoms with Gasteiger partial charge in [-0.3, -0.25) is 15.0 Å². The summed E-state index contributed by atoms with van der Waals surface area (Å²) in [6.07, 6.45) is 5.77. The summed E-state index contributed by atoms with van der Waals surface area (Å²) in [6, 6.07) is 8.96. The Morgan fingerprint density at radius 1 is 1.25 bits per heavy atom. The molecule has 1 aliphatic rings. The number of amides is 2. The van der Waals surface area contributed by atoms with Crippen LogP contribution in [0.5, 0.6) is 0 Å². The summed E-state index contributed by atoms with van der Waals surface area (Å²) in [5.41, 5.74) is 2.75. The van der Waals surface area contributed by atoms with E-state index >= 15 is 0 Å². The number of benzene rings is 1. The Kier molecular flexibility index (Phi) is 4.00. The number of carbonyl (C=O) groups excluding carboxylic acids is 2.